The van der Waals surface area contributed by atoms with E-state index in [1.165, 1.54) is 35.9 Å². The summed E-state index contributed by atoms with van der Waals surface area (Å²) in [4.78, 5) is 31.3. The smallest absolute Gasteiger partial charge is 0.296 e. The average Bonchev–Trinajstić information content (AvgIpc) is 3.06. The molecule has 2 N–H and O–H groups in total. The highest BCUT2D eigenvalue weighted by molar-refractivity contribution is 5.94. The number of likely N-dealkylation sites (N-methyl/N-ethyl adjacent to an activating group) is 1. The minimum absolute atomic E-state index is 0.00328. The quantitative estimate of drug-likeness (QED) is 0.789. The van der Waals surface area contributed by atoms with Gasteiger partial charge < -0.3 is 15.2 Å². The van der Waals surface area contributed by atoms with E-state index in [1.807, 2.05) is 11.9 Å². The summed E-state index contributed by atoms with van der Waals surface area (Å²) >= 11 is 0. The molecule has 1 aliphatic heterocycles. The normalized spacial score (nSPS) is 19.7. The molecule has 1 saturated heterocycles. The number of methoxy groups -OCH3 is 1. The Morgan fingerprint density at radius 1 is 1.36 bits per heavy atom. The molecular weight excluding hydrogens is 367 g/mol. The first-order valence-corrected chi connectivity index (χ1v) is 8.87. The number of benzene rings is 1. The second-order valence-corrected chi connectivity index (χ2v) is 6.89. The first kappa shape index (κ1) is 20.0. The first-order valence-electron chi connectivity index (χ1n) is 8.87. The molecule has 2 atom stereocenters. The van der Waals surface area contributed by atoms with Gasteiger partial charge in [-0.15, -0.1) is 0 Å². The Bertz CT molecular complexity index is 929. The van der Waals surface area contributed by atoms with Crippen molar-refractivity contribution in [2.24, 2.45) is 7.05 Å². The molecule has 1 amide bonds. The number of aromatic hydroxyl groups is 1. The van der Waals surface area contributed by atoms with Gasteiger partial charge in [0, 0.05) is 27.2 Å². The molecule has 0 aliphatic carbocycles. The molecule has 0 bridgehead atoms. The van der Waals surface area contributed by atoms with Gasteiger partial charge in [0.15, 0.2) is 5.69 Å². The van der Waals surface area contributed by atoms with Gasteiger partial charge in [0.05, 0.1) is 12.1 Å². The zero-order valence-corrected chi connectivity index (χ0v) is 16.0. The number of amides is 1. The van der Waals surface area contributed by atoms with Gasteiger partial charge in [0.2, 0.25) is 5.75 Å². The monoisotopic (exact) mass is 390 g/mol. The van der Waals surface area contributed by atoms with E-state index in [-0.39, 0.29) is 30.2 Å². The third-order valence-corrected chi connectivity index (χ3v) is 5.02. The Morgan fingerprint density at radius 3 is 2.64 bits per heavy atom. The number of ether oxygens (including phenoxy) is 1. The SMILES string of the molecule is CO[C@@H]1C[C@@H](c2nc(C(=O)NCc3ccc(F)cc3)c(O)c(=O)n2C)N(C)C1. The number of carbonyl (C=O) groups is 1. The molecule has 1 aliphatic rings. The third kappa shape index (κ3) is 3.90. The Labute approximate surface area is 161 Å². The number of halogens is 1. The fraction of sp³-hybridized carbons (Fsp3) is 0.421. The number of likely N-dealkylation sites (tertiary alicyclic amines) is 1. The fourth-order valence-electron chi connectivity index (χ4n) is 3.36. The van der Waals surface area contributed by atoms with E-state index in [2.05, 4.69) is 10.3 Å². The summed E-state index contributed by atoms with van der Waals surface area (Å²) in [6, 6.07) is 5.44. The molecule has 1 fully saturated rings. The summed E-state index contributed by atoms with van der Waals surface area (Å²) in [6.07, 6.45) is 0.616. The lowest BCUT2D eigenvalue weighted by Crippen LogP contribution is -2.33. The van der Waals surface area contributed by atoms with Crippen LogP contribution in [0.1, 0.15) is 34.3 Å². The van der Waals surface area contributed by atoms with Crippen molar-refractivity contribution >= 4 is 5.91 Å². The van der Waals surface area contributed by atoms with Gasteiger partial charge in [-0.1, -0.05) is 12.1 Å². The summed E-state index contributed by atoms with van der Waals surface area (Å²) < 4.78 is 19.6. The zero-order chi connectivity index (χ0) is 20.4. The summed E-state index contributed by atoms with van der Waals surface area (Å²) in [6.45, 7) is 0.782. The van der Waals surface area contributed by atoms with E-state index in [0.29, 0.717) is 24.4 Å². The Balaban J connectivity index is 1.86. The average molecular weight is 390 g/mol. The highest BCUT2D eigenvalue weighted by Crippen LogP contribution is 2.30. The van der Waals surface area contributed by atoms with Gasteiger partial charge >= 0.3 is 0 Å². The third-order valence-electron chi connectivity index (χ3n) is 5.02. The maximum Gasteiger partial charge on any atom is 0.296 e. The summed E-state index contributed by atoms with van der Waals surface area (Å²) in [5, 5.41) is 12.8. The fourth-order valence-corrected chi connectivity index (χ4v) is 3.36. The maximum atomic E-state index is 13.0. The summed E-state index contributed by atoms with van der Waals surface area (Å²) in [5.41, 5.74) is -0.336. The van der Waals surface area contributed by atoms with Crippen molar-refractivity contribution in [2.75, 3.05) is 20.7 Å². The number of aromatic nitrogens is 2. The Hall–Kier alpha value is -2.78. The van der Waals surface area contributed by atoms with Gasteiger partial charge in [-0.2, -0.15) is 0 Å². The summed E-state index contributed by atoms with van der Waals surface area (Å²) in [5.74, 6) is -1.37. The van der Waals surface area contributed by atoms with Crippen molar-refractivity contribution in [2.45, 2.75) is 25.1 Å². The molecule has 9 heteroatoms. The minimum Gasteiger partial charge on any atom is -0.501 e. The molecule has 1 aromatic heterocycles. The van der Waals surface area contributed by atoms with Crippen LogP contribution in [0.15, 0.2) is 29.1 Å². The van der Waals surface area contributed by atoms with Crippen molar-refractivity contribution < 1.29 is 19.0 Å². The highest BCUT2D eigenvalue weighted by Gasteiger charge is 2.34. The number of hydrogen-bond acceptors (Lipinski definition) is 6. The molecule has 28 heavy (non-hydrogen) atoms. The lowest BCUT2D eigenvalue weighted by molar-refractivity contribution is 0.0941. The van der Waals surface area contributed by atoms with Crippen LogP contribution in [-0.2, 0) is 18.3 Å². The molecule has 8 nitrogen and oxygen atoms in total. The van der Waals surface area contributed by atoms with Crippen molar-refractivity contribution in [1.29, 1.82) is 0 Å². The van der Waals surface area contributed by atoms with Crippen molar-refractivity contribution in [3.63, 3.8) is 0 Å². The number of nitrogens with one attached hydrogen (secondary N) is 1. The minimum atomic E-state index is -0.702. The van der Waals surface area contributed by atoms with Crippen LogP contribution in [0.2, 0.25) is 0 Å². The van der Waals surface area contributed by atoms with Crippen LogP contribution in [0.5, 0.6) is 5.75 Å². The predicted molar refractivity (Wildman–Crippen MR) is 99.5 cm³/mol. The number of nitrogens with zero attached hydrogens (tertiary/aromatic N) is 3. The predicted octanol–water partition coefficient (Wildman–Crippen LogP) is 0.947. The highest BCUT2D eigenvalue weighted by atomic mass is 19.1. The molecule has 0 saturated carbocycles. The largest absolute Gasteiger partial charge is 0.501 e. The van der Waals surface area contributed by atoms with Crippen LogP contribution < -0.4 is 10.9 Å². The van der Waals surface area contributed by atoms with Crippen molar-refractivity contribution in [1.82, 2.24) is 19.8 Å². The second kappa shape index (κ2) is 8.07. The summed E-state index contributed by atoms with van der Waals surface area (Å²) in [7, 11) is 5.02. The van der Waals surface area contributed by atoms with Gasteiger partial charge in [-0.3, -0.25) is 19.1 Å². The molecule has 2 aromatic rings. The maximum absolute atomic E-state index is 13.0. The lowest BCUT2D eigenvalue weighted by atomic mass is 10.1. The second-order valence-electron chi connectivity index (χ2n) is 6.89. The van der Waals surface area contributed by atoms with E-state index in [0.717, 1.165) is 0 Å². The van der Waals surface area contributed by atoms with Gasteiger partial charge in [0.25, 0.3) is 11.5 Å². The number of carbonyl (C=O) groups excluding carboxylic acids is 1. The van der Waals surface area contributed by atoms with Gasteiger partial charge in [-0.05, 0) is 31.2 Å². The van der Waals surface area contributed by atoms with Crippen LogP contribution in [0.25, 0.3) is 0 Å². The van der Waals surface area contributed by atoms with E-state index in [1.54, 1.807) is 7.11 Å². The standard InChI is InChI=1S/C19H23FN4O4/c1-23-10-13(28-3)8-14(23)17-22-15(16(25)19(27)24(17)2)18(26)21-9-11-4-6-12(20)7-5-11/h4-7,13-14,25H,8-10H2,1-3H3,(H,21,26)/t13-,14+/m1/s1. The van der Waals surface area contributed by atoms with Crippen LogP contribution in [0.3, 0.4) is 0 Å². The number of rotatable bonds is 5. The van der Waals surface area contributed by atoms with Crippen LogP contribution in [0, 0.1) is 5.82 Å². The van der Waals surface area contributed by atoms with Crippen molar-refractivity contribution in [3.8, 4) is 5.75 Å². The number of hydrogen-bond donors (Lipinski definition) is 2. The molecular formula is C19H23FN4O4. The zero-order valence-electron chi connectivity index (χ0n) is 16.0. The molecule has 150 valence electrons. The topological polar surface area (TPSA) is 96.7 Å². The van der Waals surface area contributed by atoms with E-state index in [4.69, 9.17) is 4.74 Å². The van der Waals surface area contributed by atoms with E-state index in [9.17, 15) is 19.1 Å². The van der Waals surface area contributed by atoms with E-state index < -0.39 is 17.2 Å². The Kier molecular flexibility index (Phi) is 5.76. The Morgan fingerprint density at radius 2 is 2.04 bits per heavy atom. The van der Waals surface area contributed by atoms with Crippen molar-refractivity contribution in [3.05, 3.63) is 57.5 Å². The molecule has 0 spiro atoms. The molecule has 3 rings (SSSR count). The van der Waals surface area contributed by atoms with Gasteiger partial charge in [0.1, 0.15) is 11.6 Å². The van der Waals surface area contributed by atoms with Crippen LogP contribution in [0.4, 0.5) is 4.39 Å². The van der Waals surface area contributed by atoms with Gasteiger partial charge in [-0.25, -0.2) is 9.37 Å². The lowest BCUT2D eigenvalue weighted by Gasteiger charge is -2.21. The first-order chi connectivity index (χ1) is 13.3. The van der Waals surface area contributed by atoms with E-state index >= 15 is 0 Å². The van der Waals surface area contributed by atoms with Crippen LogP contribution >= 0.6 is 0 Å². The molecule has 0 radical (unpaired) electrons. The molecule has 2 heterocycles. The molecule has 1 aromatic carbocycles. The van der Waals surface area contributed by atoms with Crippen LogP contribution in [-0.4, -0.2) is 52.3 Å². The molecule has 0 unspecified atom stereocenters.